The molecule has 146 valence electrons. The number of methoxy groups -OCH3 is 2. The number of anilines is 1. The molecule has 3 aromatic rings. The van der Waals surface area contributed by atoms with Crippen LogP contribution in [0.1, 0.15) is 16.8 Å². The molecule has 1 N–H and O–H groups in total. The monoisotopic (exact) mass is 414 g/mol. The molecule has 5 nitrogen and oxygen atoms in total. The van der Waals surface area contributed by atoms with Gasteiger partial charge in [0, 0.05) is 17.2 Å². The normalized spacial score (nSPS) is 10.5. The van der Waals surface area contributed by atoms with Crippen molar-refractivity contribution < 1.29 is 14.3 Å². The number of aryl methyl sites for hydroxylation is 1. The number of carbonyl (C=O) groups excluding carboxylic acids is 1. The third-order valence-corrected chi connectivity index (χ3v) is 6.18. The molecule has 2 aromatic carbocycles. The number of rotatable bonds is 8. The minimum atomic E-state index is -0.146. The molecule has 0 unspecified atom stereocenters. The Hall–Kier alpha value is -2.51. The summed E-state index contributed by atoms with van der Waals surface area (Å²) in [5.41, 5.74) is 3.85. The lowest BCUT2D eigenvalue weighted by molar-refractivity contribution is -0.115. The Bertz CT molecular complexity index is 939. The van der Waals surface area contributed by atoms with Crippen LogP contribution >= 0.6 is 23.1 Å². The predicted octanol–water partition coefficient (Wildman–Crippen LogP) is 4.94. The van der Waals surface area contributed by atoms with Crippen molar-refractivity contribution in [3.8, 4) is 11.5 Å². The first-order valence-electron chi connectivity index (χ1n) is 8.72. The van der Waals surface area contributed by atoms with Crippen LogP contribution in [0.2, 0.25) is 0 Å². The van der Waals surface area contributed by atoms with Crippen LogP contribution in [-0.4, -0.2) is 25.1 Å². The third-order valence-electron chi connectivity index (χ3n) is 4.04. The zero-order valence-corrected chi connectivity index (χ0v) is 17.7. The average Bonchev–Trinajstić information content (AvgIpc) is 3.14. The van der Waals surface area contributed by atoms with Crippen LogP contribution in [0, 0.1) is 6.92 Å². The molecule has 7 heteroatoms. The second-order valence-electron chi connectivity index (χ2n) is 6.17. The number of aromatic nitrogens is 1. The summed E-state index contributed by atoms with van der Waals surface area (Å²) in [6.07, 6.45) is 0.210. The highest BCUT2D eigenvalue weighted by Gasteiger charge is 2.12. The zero-order chi connectivity index (χ0) is 19.9. The van der Waals surface area contributed by atoms with Crippen molar-refractivity contribution in [1.29, 1.82) is 0 Å². The van der Waals surface area contributed by atoms with Gasteiger partial charge in [-0.2, -0.15) is 0 Å². The molecule has 1 amide bonds. The van der Waals surface area contributed by atoms with Crippen molar-refractivity contribution in [2.75, 3.05) is 19.5 Å². The lowest BCUT2D eigenvalue weighted by Gasteiger charge is -2.11. The summed E-state index contributed by atoms with van der Waals surface area (Å²) in [6, 6.07) is 13.8. The second kappa shape index (κ2) is 9.61. The highest BCUT2D eigenvalue weighted by molar-refractivity contribution is 8.00. The smallest absolute Gasteiger partial charge is 0.230 e. The molecular weight excluding hydrogens is 392 g/mol. The highest BCUT2D eigenvalue weighted by Crippen LogP contribution is 2.30. The number of amides is 1. The molecule has 0 bridgehead atoms. The van der Waals surface area contributed by atoms with Crippen LogP contribution in [0.25, 0.3) is 0 Å². The summed E-state index contributed by atoms with van der Waals surface area (Å²) in [6.45, 7) is 2.08. The number of benzene rings is 2. The summed E-state index contributed by atoms with van der Waals surface area (Å²) in [4.78, 5) is 17.0. The van der Waals surface area contributed by atoms with Gasteiger partial charge in [-0.3, -0.25) is 4.79 Å². The fraction of sp³-hybridized carbons (Fsp3) is 0.238. The number of hydrogen-bond acceptors (Lipinski definition) is 6. The Kier molecular flexibility index (Phi) is 6.95. The molecule has 3 rings (SSSR count). The molecule has 1 aromatic heterocycles. The Balaban J connectivity index is 1.57. The molecule has 0 atom stereocenters. The predicted molar refractivity (Wildman–Crippen MR) is 115 cm³/mol. The van der Waals surface area contributed by atoms with Crippen LogP contribution in [0.3, 0.4) is 0 Å². The summed E-state index contributed by atoms with van der Waals surface area (Å²) >= 11 is 3.24. The van der Waals surface area contributed by atoms with E-state index in [1.54, 1.807) is 55.5 Å². The summed E-state index contributed by atoms with van der Waals surface area (Å²) < 4.78 is 11.5. The van der Waals surface area contributed by atoms with Gasteiger partial charge in [0.25, 0.3) is 0 Å². The topological polar surface area (TPSA) is 60.5 Å². The van der Waals surface area contributed by atoms with Crippen LogP contribution in [0.4, 0.5) is 5.69 Å². The largest absolute Gasteiger partial charge is 0.497 e. The van der Waals surface area contributed by atoms with Crippen molar-refractivity contribution in [2.24, 2.45) is 0 Å². The zero-order valence-electron chi connectivity index (χ0n) is 16.0. The molecule has 1 heterocycles. The Labute approximate surface area is 173 Å². The minimum absolute atomic E-state index is 0.146. The van der Waals surface area contributed by atoms with Crippen molar-refractivity contribution in [3.05, 3.63) is 64.7 Å². The molecule has 0 aliphatic rings. The molecule has 0 spiro atoms. The SMILES string of the molecule is COc1ccc(OC)c(NC(=O)Cc2csc(SCc3ccc(C)cc3)n2)c1. The summed E-state index contributed by atoms with van der Waals surface area (Å²) in [7, 11) is 3.15. The summed E-state index contributed by atoms with van der Waals surface area (Å²) in [5, 5.41) is 4.80. The Morgan fingerprint density at radius 2 is 1.93 bits per heavy atom. The minimum Gasteiger partial charge on any atom is -0.497 e. The van der Waals surface area contributed by atoms with E-state index in [0.717, 1.165) is 15.8 Å². The molecule has 0 saturated heterocycles. The fourth-order valence-corrected chi connectivity index (χ4v) is 4.34. The standard InChI is InChI=1S/C21H22N2O3S2/c1-14-4-6-15(7-5-14)12-27-21-22-16(13-28-21)10-20(24)23-18-11-17(25-2)8-9-19(18)26-3/h4-9,11,13H,10,12H2,1-3H3,(H,23,24). The molecular formula is C21H22N2O3S2. The number of thiazole rings is 1. The van der Waals surface area contributed by atoms with E-state index in [0.29, 0.717) is 17.2 Å². The van der Waals surface area contributed by atoms with Crippen molar-refractivity contribution in [2.45, 2.75) is 23.4 Å². The quantitative estimate of drug-likeness (QED) is 0.529. The number of nitrogens with zero attached hydrogens (tertiary/aromatic N) is 1. The van der Waals surface area contributed by atoms with E-state index in [1.807, 2.05) is 5.38 Å². The maximum absolute atomic E-state index is 12.4. The number of nitrogens with one attached hydrogen (secondary N) is 1. The van der Waals surface area contributed by atoms with E-state index in [9.17, 15) is 4.79 Å². The number of carbonyl (C=O) groups is 1. The van der Waals surface area contributed by atoms with Gasteiger partial charge < -0.3 is 14.8 Å². The van der Waals surface area contributed by atoms with Crippen LogP contribution in [0.5, 0.6) is 11.5 Å². The van der Waals surface area contributed by atoms with E-state index in [1.165, 1.54) is 11.1 Å². The summed E-state index contributed by atoms with van der Waals surface area (Å²) in [5.74, 6) is 1.95. The van der Waals surface area contributed by atoms with Crippen molar-refractivity contribution >= 4 is 34.7 Å². The number of ether oxygens (including phenoxy) is 2. The van der Waals surface area contributed by atoms with Gasteiger partial charge in [-0.05, 0) is 24.6 Å². The Morgan fingerprint density at radius 3 is 2.64 bits per heavy atom. The number of hydrogen-bond donors (Lipinski definition) is 1. The second-order valence-corrected chi connectivity index (χ2v) is 8.25. The third kappa shape index (κ3) is 5.50. The first kappa shape index (κ1) is 20.2. The van der Waals surface area contributed by atoms with Crippen LogP contribution in [0.15, 0.2) is 52.2 Å². The molecule has 0 fully saturated rings. The fourth-order valence-electron chi connectivity index (χ4n) is 2.54. The van der Waals surface area contributed by atoms with Gasteiger partial charge in [0.2, 0.25) is 5.91 Å². The van der Waals surface area contributed by atoms with E-state index >= 15 is 0 Å². The average molecular weight is 415 g/mol. The van der Waals surface area contributed by atoms with Gasteiger partial charge in [-0.1, -0.05) is 41.6 Å². The molecule has 28 heavy (non-hydrogen) atoms. The van der Waals surface area contributed by atoms with Crippen LogP contribution < -0.4 is 14.8 Å². The van der Waals surface area contributed by atoms with Gasteiger partial charge in [-0.25, -0.2) is 4.98 Å². The van der Waals surface area contributed by atoms with E-state index in [-0.39, 0.29) is 12.3 Å². The van der Waals surface area contributed by atoms with Gasteiger partial charge in [0.05, 0.1) is 32.0 Å². The number of thioether (sulfide) groups is 1. The Morgan fingerprint density at radius 1 is 1.14 bits per heavy atom. The maximum Gasteiger partial charge on any atom is 0.230 e. The molecule has 0 saturated carbocycles. The lowest BCUT2D eigenvalue weighted by atomic mass is 10.2. The first-order chi connectivity index (χ1) is 13.6. The molecule has 0 radical (unpaired) electrons. The first-order valence-corrected chi connectivity index (χ1v) is 10.6. The maximum atomic E-state index is 12.4. The van der Waals surface area contributed by atoms with Crippen LogP contribution in [-0.2, 0) is 17.0 Å². The highest BCUT2D eigenvalue weighted by atomic mass is 32.2. The van der Waals surface area contributed by atoms with Crippen molar-refractivity contribution in [3.63, 3.8) is 0 Å². The molecule has 0 aliphatic heterocycles. The molecule has 0 aliphatic carbocycles. The van der Waals surface area contributed by atoms with Gasteiger partial charge in [0.15, 0.2) is 0 Å². The van der Waals surface area contributed by atoms with Gasteiger partial charge >= 0.3 is 0 Å². The van der Waals surface area contributed by atoms with E-state index in [4.69, 9.17) is 9.47 Å². The van der Waals surface area contributed by atoms with E-state index in [2.05, 4.69) is 41.5 Å². The van der Waals surface area contributed by atoms with E-state index < -0.39 is 0 Å². The van der Waals surface area contributed by atoms with Crippen molar-refractivity contribution in [1.82, 2.24) is 4.98 Å². The van der Waals surface area contributed by atoms with Gasteiger partial charge in [0.1, 0.15) is 15.8 Å². The lowest BCUT2D eigenvalue weighted by Crippen LogP contribution is -2.15. The van der Waals surface area contributed by atoms with Gasteiger partial charge in [-0.15, -0.1) is 11.3 Å².